The number of hydrogen-bond acceptors (Lipinski definition) is 23. The van der Waals surface area contributed by atoms with Gasteiger partial charge in [-0.15, -0.1) is 18.9 Å². The van der Waals surface area contributed by atoms with Crippen molar-refractivity contribution in [3.05, 3.63) is 139 Å². The molecule has 0 bridgehead atoms. The van der Waals surface area contributed by atoms with Gasteiger partial charge in [0.05, 0.1) is 51.4 Å². The molecule has 0 fully saturated rings. The molecule has 8 aromatic rings. The molecule has 0 radical (unpaired) electrons. The van der Waals surface area contributed by atoms with Crippen molar-refractivity contribution in [3.8, 4) is 34.0 Å². The molecule has 27 heteroatoms. The second-order valence-electron chi connectivity index (χ2n) is 15.2. The van der Waals surface area contributed by atoms with Crippen molar-refractivity contribution >= 4 is 101 Å². The number of nitrogens with one attached hydrogen (secondary N) is 2. The summed E-state index contributed by atoms with van der Waals surface area (Å²) in [5.74, 6) is -1.39. The van der Waals surface area contributed by atoms with Crippen LogP contribution in [0, 0.1) is 6.92 Å². The zero-order valence-corrected chi connectivity index (χ0v) is 40.8. The first-order chi connectivity index (χ1) is 35.0. The maximum absolute atomic E-state index is 13.3. The van der Waals surface area contributed by atoms with Crippen LogP contribution in [0.4, 0.5) is 46.0 Å². The van der Waals surface area contributed by atoms with E-state index in [1.165, 1.54) is 36.4 Å². The van der Waals surface area contributed by atoms with Crippen LogP contribution in [0.1, 0.15) is 18.1 Å². The molecular formula is C46H37N9O14S4. The highest BCUT2D eigenvalue weighted by Gasteiger charge is 2.28. The smallest absolute Gasteiger partial charge is 0.320 e. The van der Waals surface area contributed by atoms with E-state index in [0.29, 0.717) is 29.7 Å². The van der Waals surface area contributed by atoms with Gasteiger partial charge in [-0.25, -0.2) is 10.5 Å². The molecule has 0 aliphatic carbocycles. The molecule has 73 heavy (non-hydrogen) atoms. The molecule has 0 saturated heterocycles. The molecule has 0 aliphatic rings. The van der Waals surface area contributed by atoms with Gasteiger partial charge in [0.2, 0.25) is 11.9 Å². The summed E-state index contributed by atoms with van der Waals surface area (Å²) < 4.78 is 82.0. The Morgan fingerprint density at radius 3 is 1.84 bits per heavy atom. The van der Waals surface area contributed by atoms with Crippen LogP contribution in [0.15, 0.2) is 167 Å². The zero-order chi connectivity index (χ0) is 51.9. The van der Waals surface area contributed by atoms with Gasteiger partial charge in [-0.05, 0) is 95.6 Å². The van der Waals surface area contributed by atoms with Crippen molar-refractivity contribution < 1.29 is 65.4 Å². The van der Waals surface area contributed by atoms with E-state index in [-0.39, 0.29) is 61.1 Å². The number of benzene rings is 7. The van der Waals surface area contributed by atoms with Crippen molar-refractivity contribution in [1.82, 2.24) is 15.0 Å². The Morgan fingerprint density at radius 2 is 1.19 bits per heavy atom. The number of hydrogen-bond donors (Lipinski definition) is 8. The van der Waals surface area contributed by atoms with E-state index in [1.807, 2.05) is 31.2 Å². The van der Waals surface area contributed by atoms with Crippen LogP contribution in [-0.2, 0) is 45.4 Å². The molecule has 0 unspecified atom stereocenters. The van der Waals surface area contributed by atoms with Crippen molar-refractivity contribution in [2.24, 2.45) is 20.5 Å². The van der Waals surface area contributed by atoms with Crippen LogP contribution < -0.4 is 10.6 Å². The minimum Gasteiger partial charge on any atom is -0.505 e. The third-order valence-electron chi connectivity index (χ3n) is 10.5. The van der Waals surface area contributed by atoms with Gasteiger partial charge in [-0.3, -0.25) is 9.11 Å². The average Bonchev–Trinajstić information content (AvgIpc) is 3.36. The molecule has 0 aliphatic heterocycles. The largest absolute Gasteiger partial charge is 0.505 e. The summed E-state index contributed by atoms with van der Waals surface area (Å²) in [4.78, 5) is 10.9. The fourth-order valence-electron chi connectivity index (χ4n) is 7.17. The Kier molecular flexibility index (Phi) is 16.0. The normalized spacial score (nSPS) is 12.0. The van der Waals surface area contributed by atoms with Gasteiger partial charge in [0.15, 0.2) is 5.75 Å². The summed E-state index contributed by atoms with van der Waals surface area (Å²) >= 11 is 0.724. The number of aryl methyl sites for hydroxylation is 2. The fourth-order valence-corrected chi connectivity index (χ4v) is 9.63. The summed E-state index contributed by atoms with van der Waals surface area (Å²) in [5.41, 5.74) is 2.95. The van der Waals surface area contributed by atoms with E-state index >= 15 is 0 Å². The predicted molar refractivity (Wildman–Crippen MR) is 267 cm³/mol. The SMILES string of the molecule is CCc1ccc(-c2ccc(N=Nc3c(SOOO)cc4cc(S(=O)(=O)O)c(N=Nc5ccc(-c6ccc(C)cc6)cc5)c(Nc5nc(O)nc(Nc6ccccc6)n5)c4c3O)cc2SOOO)c(S(=O)(=O)O)c1. The second-order valence-corrected chi connectivity index (χ2v) is 19.5. The lowest BCUT2D eigenvalue weighted by molar-refractivity contribution is -0.432. The van der Waals surface area contributed by atoms with Crippen LogP contribution in [0.2, 0.25) is 0 Å². The number of phenolic OH excluding ortho intramolecular Hbond substituents is 1. The first-order valence-electron chi connectivity index (χ1n) is 21.0. The van der Waals surface area contributed by atoms with Crippen LogP contribution in [0.25, 0.3) is 33.0 Å². The highest BCUT2D eigenvalue weighted by molar-refractivity contribution is 7.95. The van der Waals surface area contributed by atoms with Gasteiger partial charge < -0.3 is 20.8 Å². The van der Waals surface area contributed by atoms with Gasteiger partial charge in [-0.2, -0.15) is 42.0 Å². The Balaban J connectivity index is 1.31. The summed E-state index contributed by atoms with van der Waals surface area (Å²) in [6.07, 6.45) is 0.450. The van der Waals surface area contributed by atoms with E-state index in [2.05, 4.69) is 56.1 Å². The molecule has 8 rings (SSSR count). The maximum atomic E-state index is 13.3. The number of anilines is 4. The Hall–Kier alpha value is -7.51. The van der Waals surface area contributed by atoms with Crippen LogP contribution in [0.3, 0.4) is 0 Å². The Bertz CT molecular complexity index is 3640. The third kappa shape index (κ3) is 12.4. The monoisotopic (exact) mass is 1070 g/mol. The maximum Gasteiger partial charge on any atom is 0.320 e. The average molecular weight is 1070 g/mol. The van der Waals surface area contributed by atoms with E-state index < -0.39 is 64.8 Å². The number of azo groups is 2. The molecule has 0 spiro atoms. The molecule has 374 valence electrons. The van der Waals surface area contributed by atoms with Gasteiger partial charge in [-0.1, -0.05) is 95.4 Å². The third-order valence-corrected chi connectivity index (χ3v) is 13.6. The number of para-hydroxylation sites is 1. The number of phenols is 1. The minimum atomic E-state index is -5.21. The Labute approximate surface area is 422 Å². The summed E-state index contributed by atoms with van der Waals surface area (Å²) in [6.45, 7) is 3.76. The molecule has 1 aromatic heterocycles. The van der Waals surface area contributed by atoms with Crippen molar-refractivity contribution in [2.45, 2.75) is 39.9 Å². The minimum absolute atomic E-state index is 0.00297. The van der Waals surface area contributed by atoms with Crippen LogP contribution in [-0.4, -0.2) is 61.6 Å². The molecule has 23 nitrogen and oxygen atoms in total. The quantitative estimate of drug-likeness (QED) is 0.0123. The summed E-state index contributed by atoms with van der Waals surface area (Å²) in [7, 11) is -9.98. The van der Waals surface area contributed by atoms with Crippen LogP contribution >= 0.6 is 24.1 Å². The first-order valence-corrected chi connectivity index (χ1v) is 25.3. The molecule has 0 atom stereocenters. The predicted octanol–water partition coefficient (Wildman–Crippen LogP) is 12.3. The number of nitrogens with zero attached hydrogens (tertiary/aromatic N) is 7. The summed E-state index contributed by atoms with van der Waals surface area (Å²) in [6, 6.07) is 33.1. The van der Waals surface area contributed by atoms with Crippen molar-refractivity contribution in [1.29, 1.82) is 0 Å². The van der Waals surface area contributed by atoms with E-state index in [1.54, 1.807) is 67.6 Å². The van der Waals surface area contributed by atoms with Crippen LogP contribution in [0.5, 0.6) is 11.8 Å². The van der Waals surface area contributed by atoms with Gasteiger partial charge in [0.25, 0.3) is 20.2 Å². The number of fused-ring (bicyclic) bond motifs is 1. The molecule has 7 aromatic carbocycles. The van der Waals surface area contributed by atoms with E-state index in [0.717, 1.165) is 22.8 Å². The molecule has 0 amide bonds. The summed E-state index contributed by atoms with van der Waals surface area (Å²) in [5, 5.41) is 71.2. The first kappa shape index (κ1) is 51.8. The molecule has 8 N–H and O–H groups in total. The van der Waals surface area contributed by atoms with Crippen molar-refractivity contribution in [2.75, 3.05) is 10.6 Å². The second kappa shape index (κ2) is 22.5. The lowest BCUT2D eigenvalue weighted by atomic mass is 10.0. The number of rotatable bonds is 19. The topological polar surface area (TPSA) is 339 Å². The molecule has 1 heterocycles. The van der Waals surface area contributed by atoms with Gasteiger partial charge in [0, 0.05) is 16.1 Å². The molecular weight excluding hydrogens is 1030 g/mol. The van der Waals surface area contributed by atoms with E-state index in [9.17, 15) is 36.2 Å². The van der Waals surface area contributed by atoms with Gasteiger partial charge in [0.1, 0.15) is 21.2 Å². The Morgan fingerprint density at radius 1 is 0.603 bits per heavy atom. The van der Waals surface area contributed by atoms with Crippen molar-refractivity contribution in [3.63, 3.8) is 0 Å². The number of aromatic hydroxyl groups is 2. The highest BCUT2D eigenvalue weighted by Crippen LogP contribution is 2.51. The number of aromatic nitrogens is 3. The zero-order valence-electron chi connectivity index (χ0n) is 37.5. The highest BCUT2D eigenvalue weighted by atomic mass is 32.2. The lowest BCUT2D eigenvalue weighted by Gasteiger charge is -2.17. The van der Waals surface area contributed by atoms with Gasteiger partial charge >= 0.3 is 6.01 Å². The lowest BCUT2D eigenvalue weighted by Crippen LogP contribution is -2.06. The fraction of sp³-hybridized carbons (Fsp3) is 0.0652. The molecule has 0 saturated carbocycles. The van der Waals surface area contributed by atoms with E-state index in [4.69, 9.17) is 19.2 Å². The standard InChI is InChI=1S/C46H37N9O14S4/c1-3-26-11-19-34(37(21-26)72(60,61)62)33-20-18-32(24-35(33)70-68-66-58)53-54-40-36(71-69-67-59)22-29-23-38(73(63,64)65)41(55-52-31-16-14-28(15-17-31)27-12-9-25(2)10-13-27)42(39(29)43(40)56)48-45-49-44(50-46(57)51-45)47-30-7-5-4-6-8-30/h4-24,56,58-59H,3H2,1-2H3,(H,60,61,62)(H,63,64,65)(H3,47,48,49,50,51,57).